The molecule has 0 heterocycles. The van der Waals surface area contributed by atoms with Gasteiger partial charge in [0.05, 0.1) is 6.10 Å². The van der Waals surface area contributed by atoms with E-state index in [1.807, 2.05) is 6.08 Å². The summed E-state index contributed by atoms with van der Waals surface area (Å²) >= 11 is 0. The summed E-state index contributed by atoms with van der Waals surface area (Å²) in [6.45, 7) is 29.0. The largest absolute Gasteiger partial charge is 0.410 e. The minimum absolute atomic E-state index is 0.0269. The average Bonchev–Trinajstić information content (AvgIpc) is 2.48. The smallest absolute Gasteiger partial charge is 0.193 e. The van der Waals surface area contributed by atoms with Crippen molar-refractivity contribution in [3.8, 4) is 11.8 Å². The molecule has 0 aliphatic rings. The standard InChI is InChI=1S/C23H46O2Si2/c1-13-15-17-19-21(25-27(11,12)23(6,7)8)20(18-16-14-2)24-26(9,10)22(3,4)5/h13,20-21H,1,14-15,17,19H2,2-12H3/t20-,21-/m0/s1. The lowest BCUT2D eigenvalue weighted by Gasteiger charge is -2.44. The SMILES string of the molecule is C=CCCC[C@H](O[Si](C)(C)C(C)(C)C)[C@H](C#CCC)O[Si](C)(C)C(C)(C)C. The maximum Gasteiger partial charge on any atom is 0.193 e. The summed E-state index contributed by atoms with van der Waals surface area (Å²) in [5.41, 5.74) is 0. The molecule has 0 aromatic heterocycles. The second kappa shape index (κ2) is 10.4. The molecule has 27 heavy (non-hydrogen) atoms. The van der Waals surface area contributed by atoms with Gasteiger partial charge in [-0.2, -0.15) is 0 Å². The predicted molar refractivity (Wildman–Crippen MR) is 126 cm³/mol. The molecule has 0 aliphatic heterocycles. The van der Waals surface area contributed by atoms with Crippen LogP contribution in [0, 0.1) is 11.8 Å². The maximum absolute atomic E-state index is 6.87. The van der Waals surface area contributed by atoms with E-state index in [0.29, 0.717) is 0 Å². The fourth-order valence-corrected chi connectivity index (χ4v) is 4.74. The van der Waals surface area contributed by atoms with E-state index in [-0.39, 0.29) is 22.3 Å². The van der Waals surface area contributed by atoms with Gasteiger partial charge in [-0.1, -0.05) is 60.5 Å². The summed E-state index contributed by atoms with van der Waals surface area (Å²) in [4.78, 5) is 0. The van der Waals surface area contributed by atoms with Crippen LogP contribution in [0.3, 0.4) is 0 Å². The van der Waals surface area contributed by atoms with Crippen LogP contribution >= 0.6 is 0 Å². The monoisotopic (exact) mass is 410 g/mol. The normalized spacial score (nSPS) is 15.7. The Bertz CT molecular complexity index is 513. The van der Waals surface area contributed by atoms with Crippen molar-refractivity contribution in [3.05, 3.63) is 12.7 Å². The van der Waals surface area contributed by atoms with Gasteiger partial charge in [0.2, 0.25) is 0 Å². The third-order valence-corrected chi connectivity index (χ3v) is 15.1. The minimum Gasteiger partial charge on any atom is -0.410 e. The summed E-state index contributed by atoms with van der Waals surface area (Å²) in [5.74, 6) is 6.71. The van der Waals surface area contributed by atoms with E-state index in [9.17, 15) is 0 Å². The number of hydrogen-bond acceptors (Lipinski definition) is 2. The summed E-state index contributed by atoms with van der Waals surface area (Å²) in [7, 11) is -3.85. The molecule has 0 aromatic carbocycles. The van der Waals surface area contributed by atoms with E-state index in [4.69, 9.17) is 8.85 Å². The zero-order valence-electron chi connectivity index (χ0n) is 20.1. The van der Waals surface area contributed by atoms with E-state index in [2.05, 4.69) is 93.1 Å². The molecule has 0 amide bonds. The Morgan fingerprint density at radius 3 is 1.81 bits per heavy atom. The molecule has 4 heteroatoms. The van der Waals surface area contributed by atoms with Crippen LogP contribution in [0.2, 0.25) is 36.3 Å². The van der Waals surface area contributed by atoms with Crippen LogP contribution in [0.1, 0.15) is 74.1 Å². The summed E-state index contributed by atoms with van der Waals surface area (Å²) < 4.78 is 13.7. The van der Waals surface area contributed by atoms with Crippen molar-refractivity contribution in [2.24, 2.45) is 0 Å². The van der Waals surface area contributed by atoms with Crippen molar-refractivity contribution in [1.29, 1.82) is 0 Å². The van der Waals surface area contributed by atoms with E-state index in [1.165, 1.54) is 0 Å². The molecule has 2 atom stereocenters. The van der Waals surface area contributed by atoms with Gasteiger partial charge in [-0.25, -0.2) is 0 Å². The zero-order chi connectivity index (χ0) is 21.5. The molecule has 0 aliphatic carbocycles. The average molecular weight is 411 g/mol. The number of unbranched alkanes of at least 4 members (excludes halogenated alkanes) is 1. The highest BCUT2D eigenvalue weighted by Gasteiger charge is 2.44. The van der Waals surface area contributed by atoms with Crippen LogP contribution in [0.4, 0.5) is 0 Å². The molecule has 0 saturated carbocycles. The summed E-state index contributed by atoms with van der Waals surface area (Å²) in [6, 6.07) is 0. The predicted octanol–water partition coefficient (Wildman–Crippen LogP) is 7.54. The molecule has 0 rings (SSSR count). The van der Waals surface area contributed by atoms with Gasteiger partial charge >= 0.3 is 0 Å². The van der Waals surface area contributed by atoms with Gasteiger partial charge in [-0.05, 0) is 55.5 Å². The Morgan fingerprint density at radius 1 is 0.926 bits per heavy atom. The lowest BCUT2D eigenvalue weighted by Crippen LogP contribution is -2.51. The fourth-order valence-electron chi connectivity index (χ4n) is 2.19. The van der Waals surface area contributed by atoms with Gasteiger partial charge in [0.1, 0.15) is 6.10 Å². The van der Waals surface area contributed by atoms with Crippen molar-refractivity contribution in [2.75, 3.05) is 0 Å². The molecule has 0 unspecified atom stereocenters. The van der Waals surface area contributed by atoms with Gasteiger partial charge in [0.15, 0.2) is 16.6 Å². The third-order valence-electron chi connectivity index (χ3n) is 6.14. The van der Waals surface area contributed by atoms with Crippen LogP contribution in [-0.4, -0.2) is 28.8 Å². The molecule has 158 valence electrons. The fraction of sp³-hybridized carbons (Fsp3) is 0.826. The Labute approximate surface area is 172 Å². The highest BCUT2D eigenvalue weighted by Crippen LogP contribution is 2.41. The van der Waals surface area contributed by atoms with Crippen LogP contribution < -0.4 is 0 Å². The zero-order valence-corrected chi connectivity index (χ0v) is 22.1. The highest BCUT2D eigenvalue weighted by atomic mass is 28.4. The minimum atomic E-state index is -1.94. The first-order valence-corrected chi connectivity index (χ1v) is 16.4. The van der Waals surface area contributed by atoms with Crippen molar-refractivity contribution in [2.45, 2.75) is 123 Å². The second-order valence-corrected chi connectivity index (χ2v) is 20.1. The van der Waals surface area contributed by atoms with Crippen molar-refractivity contribution < 1.29 is 8.85 Å². The molecule has 0 N–H and O–H groups in total. The lowest BCUT2D eigenvalue weighted by atomic mass is 10.1. The molecule has 2 nitrogen and oxygen atoms in total. The van der Waals surface area contributed by atoms with Gasteiger partial charge in [0.25, 0.3) is 0 Å². The third kappa shape index (κ3) is 8.68. The van der Waals surface area contributed by atoms with Crippen LogP contribution in [0.5, 0.6) is 0 Å². The van der Waals surface area contributed by atoms with E-state index in [1.54, 1.807) is 0 Å². The van der Waals surface area contributed by atoms with Crippen molar-refractivity contribution >= 4 is 16.6 Å². The summed E-state index contributed by atoms with van der Waals surface area (Å²) in [6.07, 6.45) is 5.75. The molecular formula is C23H46O2Si2. The van der Waals surface area contributed by atoms with Crippen molar-refractivity contribution in [1.82, 2.24) is 0 Å². The molecule has 0 spiro atoms. The van der Waals surface area contributed by atoms with Gasteiger partial charge in [-0.3, -0.25) is 0 Å². The topological polar surface area (TPSA) is 18.5 Å². The highest BCUT2D eigenvalue weighted by molar-refractivity contribution is 6.74. The van der Waals surface area contributed by atoms with E-state index < -0.39 is 16.6 Å². The summed E-state index contributed by atoms with van der Waals surface area (Å²) in [5, 5.41) is 0.325. The van der Waals surface area contributed by atoms with Crippen LogP contribution in [-0.2, 0) is 8.85 Å². The Morgan fingerprint density at radius 2 is 1.41 bits per heavy atom. The van der Waals surface area contributed by atoms with E-state index >= 15 is 0 Å². The molecule has 0 saturated heterocycles. The first-order valence-electron chi connectivity index (χ1n) is 10.5. The molecule has 0 fully saturated rings. The van der Waals surface area contributed by atoms with Crippen LogP contribution in [0.25, 0.3) is 0 Å². The van der Waals surface area contributed by atoms with Gasteiger partial charge < -0.3 is 8.85 Å². The maximum atomic E-state index is 6.87. The lowest BCUT2D eigenvalue weighted by molar-refractivity contribution is 0.0617. The molecule has 0 radical (unpaired) electrons. The number of rotatable bonds is 9. The second-order valence-electron chi connectivity index (χ2n) is 10.6. The molecule has 0 aromatic rings. The Kier molecular flexibility index (Phi) is 10.3. The van der Waals surface area contributed by atoms with Gasteiger partial charge in [-0.15, -0.1) is 12.5 Å². The van der Waals surface area contributed by atoms with Crippen molar-refractivity contribution in [3.63, 3.8) is 0 Å². The first-order chi connectivity index (χ1) is 12.1. The molecule has 0 bridgehead atoms. The van der Waals surface area contributed by atoms with Crippen LogP contribution in [0.15, 0.2) is 12.7 Å². The van der Waals surface area contributed by atoms with Gasteiger partial charge in [0, 0.05) is 6.42 Å². The molecular weight excluding hydrogens is 364 g/mol. The Hall–Kier alpha value is -0.346. The number of allylic oxidation sites excluding steroid dienone is 1. The Balaban J connectivity index is 5.80. The first kappa shape index (κ1) is 26.7. The quantitative estimate of drug-likeness (QED) is 0.169. The number of hydrogen-bond donors (Lipinski definition) is 0. The van der Waals surface area contributed by atoms with E-state index in [0.717, 1.165) is 25.7 Å².